The fourth-order valence-corrected chi connectivity index (χ4v) is 3.95. The van der Waals surface area contributed by atoms with E-state index < -0.39 is 0 Å². The minimum atomic E-state index is 0.0366. The molecule has 1 aliphatic carbocycles. The monoisotopic (exact) mass is 346 g/mol. The Hall–Kier alpha value is -2.59. The van der Waals surface area contributed by atoms with E-state index in [0.717, 1.165) is 17.9 Å². The van der Waals surface area contributed by atoms with Gasteiger partial charge in [-0.15, -0.1) is 11.8 Å². The first-order valence-corrected chi connectivity index (χ1v) is 9.43. The zero-order valence-electron chi connectivity index (χ0n) is 13.7. The molecule has 4 rings (SSSR count). The second-order valence-corrected chi connectivity index (χ2v) is 7.09. The first-order chi connectivity index (χ1) is 12.3. The molecule has 1 heterocycles. The van der Waals surface area contributed by atoms with Crippen LogP contribution in [0.4, 0.5) is 5.69 Å². The van der Waals surface area contributed by atoms with Gasteiger partial charge in [0, 0.05) is 23.8 Å². The maximum Gasteiger partial charge on any atom is 0.234 e. The number of amides is 1. The number of anilines is 1. The van der Waals surface area contributed by atoms with E-state index in [2.05, 4.69) is 46.7 Å². The summed E-state index contributed by atoms with van der Waals surface area (Å²) >= 11 is 1.61. The number of fused-ring (bicyclic) bond motifs is 3. The van der Waals surface area contributed by atoms with Crippen LogP contribution in [-0.2, 0) is 17.0 Å². The highest BCUT2D eigenvalue weighted by Gasteiger charge is 2.18. The summed E-state index contributed by atoms with van der Waals surface area (Å²) < 4.78 is 0. The van der Waals surface area contributed by atoms with Crippen molar-refractivity contribution in [2.75, 3.05) is 11.1 Å². The molecular weight excluding hydrogens is 328 g/mol. The quantitative estimate of drug-likeness (QED) is 0.577. The van der Waals surface area contributed by atoms with Crippen molar-refractivity contribution in [2.24, 2.45) is 0 Å². The maximum atomic E-state index is 12.2. The molecule has 0 spiro atoms. The molecule has 0 unspecified atom stereocenters. The normalized spacial score (nSPS) is 11.7. The number of pyridine rings is 1. The third-order valence-corrected chi connectivity index (χ3v) is 5.33. The number of hydrogen-bond acceptors (Lipinski definition) is 3. The van der Waals surface area contributed by atoms with Crippen molar-refractivity contribution >= 4 is 23.4 Å². The molecule has 0 saturated carbocycles. The number of nitrogens with zero attached hydrogens (tertiary/aromatic N) is 1. The topological polar surface area (TPSA) is 42.0 Å². The zero-order valence-corrected chi connectivity index (χ0v) is 14.6. The maximum absolute atomic E-state index is 12.2. The van der Waals surface area contributed by atoms with E-state index in [4.69, 9.17) is 0 Å². The summed E-state index contributed by atoms with van der Waals surface area (Å²) in [5, 5.41) is 3.01. The fourth-order valence-electron chi connectivity index (χ4n) is 3.16. The second-order valence-electron chi connectivity index (χ2n) is 6.10. The van der Waals surface area contributed by atoms with E-state index in [1.54, 1.807) is 24.2 Å². The van der Waals surface area contributed by atoms with Crippen molar-refractivity contribution in [3.63, 3.8) is 0 Å². The van der Waals surface area contributed by atoms with Gasteiger partial charge in [0.1, 0.15) is 0 Å². The van der Waals surface area contributed by atoms with Gasteiger partial charge in [-0.05, 0) is 58.5 Å². The van der Waals surface area contributed by atoms with Gasteiger partial charge in [-0.25, -0.2) is 0 Å². The molecule has 0 fully saturated rings. The van der Waals surface area contributed by atoms with Crippen molar-refractivity contribution in [1.82, 2.24) is 4.98 Å². The smallest absolute Gasteiger partial charge is 0.234 e. The second kappa shape index (κ2) is 7.11. The minimum absolute atomic E-state index is 0.0366. The van der Waals surface area contributed by atoms with E-state index in [9.17, 15) is 4.79 Å². The molecule has 1 amide bonds. The number of hydrogen-bond donors (Lipinski definition) is 1. The summed E-state index contributed by atoms with van der Waals surface area (Å²) in [7, 11) is 0. The van der Waals surface area contributed by atoms with Crippen molar-refractivity contribution in [2.45, 2.75) is 12.2 Å². The van der Waals surface area contributed by atoms with Crippen LogP contribution in [0.3, 0.4) is 0 Å². The predicted molar refractivity (Wildman–Crippen MR) is 104 cm³/mol. The molecule has 0 atom stereocenters. The van der Waals surface area contributed by atoms with Crippen LogP contribution >= 0.6 is 11.8 Å². The van der Waals surface area contributed by atoms with Crippen molar-refractivity contribution in [3.05, 3.63) is 83.7 Å². The molecule has 1 aromatic heterocycles. The molecule has 0 bridgehead atoms. The number of thioether (sulfide) groups is 1. The lowest BCUT2D eigenvalue weighted by Gasteiger charge is -2.08. The molecule has 0 radical (unpaired) electrons. The molecule has 2 aromatic carbocycles. The number of rotatable bonds is 5. The Morgan fingerprint density at radius 2 is 1.80 bits per heavy atom. The van der Waals surface area contributed by atoms with E-state index in [1.807, 2.05) is 18.2 Å². The fraction of sp³-hybridized carbons (Fsp3) is 0.143. The van der Waals surface area contributed by atoms with Gasteiger partial charge >= 0.3 is 0 Å². The Labute approximate surface area is 151 Å². The highest BCUT2D eigenvalue weighted by molar-refractivity contribution is 7.99. The molecule has 1 N–H and O–H groups in total. The largest absolute Gasteiger partial charge is 0.325 e. The summed E-state index contributed by atoms with van der Waals surface area (Å²) in [5.41, 5.74) is 7.28. The Morgan fingerprint density at radius 3 is 2.68 bits per heavy atom. The van der Waals surface area contributed by atoms with E-state index >= 15 is 0 Å². The van der Waals surface area contributed by atoms with Gasteiger partial charge < -0.3 is 5.32 Å². The minimum Gasteiger partial charge on any atom is -0.325 e. The van der Waals surface area contributed by atoms with Crippen molar-refractivity contribution in [1.29, 1.82) is 0 Å². The van der Waals surface area contributed by atoms with Gasteiger partial charge in [0.25, 0.3) is 0 Å². The Kier molecular flexibility index (Phi) is 4.53. The average Bonchev–Trinajstić information content (AvgIpc) is 3.00. The highest BCUT2D eigenvalue weighted by atomic mass is 32.2. The molecule has 124 valence electrons. The SMILES string of the molecule is O=C(CSCc1ccncc1)Nc1ccc2c(c1)Cc1ccccc1-2. The molecule has 3 aromatic rings. The van der Waals surface area contributed by atoms with Crippen LogP contribution in [-0.4, -0.2) is 16.6 Å². The Bertz CT molecular complexity index is 909. The van der Waals surface area contributed by atoms with Crippen LogP contribution in [0.2, 0.25) is 0 Å². The zero-order chi connectivity index (χ0) is 17.1. The predicted octanol–water partition coefficient (Wildman–Crippen LogP) is 4.52. The highest BCUT2D eigenvalue weighted by Crippen LogP contribution is 2.37. The number of nitrogens with one attached hydrogen (secondary N) is 1. The summed E-state index contributed by atoms with van der Waals surface area (Å²) in [6, 6.07) is 18.6. The molecule has 25 heavy (non-hydrogen) atoms. The van der Waals surface area contributed by atoms with Gasteiger partial charge in [-0.1, -0.05) is 30.3 Å². The van der Waals surface area contributed by atoms with E-state index in [0.29, 0.717) is 5.75 Å². The van der Waals surface area contributed by atoms with Crippen LogP contribution in [0.25, 0.3) is 11.1 Å². The van der Waals surface area contributed by atoms with Crippen LogP contribution < -0.4 is 5.32 Å². The summed E-state index contributed by atoms with van der Waals surface area (Å²) in [6.45, 7) is 0. The number of benzene rings is 2. The van der Waals surface area contributed by atoms with Crippen LogP contribution in [0.15, 0.2) is 67.0 Å². The number of aromatic nitrogens is 1. The molecule has 1 aliphatic rings. The van der Waals surface area contributed by atoms with E-state index in [1.165, 1.54) is 27.8 Å². The van der Waals surface area contributed by atoms with Crippen LogP contribution in [0.1, 0.15) is 16.7 Å². The van der Waals surface area contributed by atoms with Gasteiger partial charge in [0.15, 0.2) is 0 Å². The number of carbonyl (C=O) groups excluding carboxylic acids is 1. The lowest BCUT2D eigenvalue weighted by Crippen LogP contribution is -2.14. The van der Waals surface area contributed by atoms with Crippen molar-refractivity contribution in [3.8, 4) is 11.1 Å². The average molecular weight is 346 g/mol. The van der Waals surface area contributed by atoms with E-state index in [-0.39, 0.29) is 5.91 Å². The van der Waals surface area contributed by atoms with Gasteiger partial charge in [-0.3, -0.25) is 9.78 Å². The lowest BCUT2D eigenvalue weighted by atomic mass is 10.1. The molecule has 3 nitrogen and oxygen atoms in total. The lowest BCUT2D eigenvalue weighted by molar-refractivity contribution is -0.113. The first-order valence-electron chi connectivity index (χ1n) is 8.27. The third-order valence-electron chi connectivity index (χ3n) is 4.33. The summed E-state index contributed by atoms with van der Waals surface area (Å²) in [5.74, 6) is 1.30. The number of carbonyl (C=O) groups is 1. The molecular formula is C21H18N2OS. The van der Waals surface area contributed by atoms with Crippen LogP contribution in [0, 0.1) is 0 Å². The molecule has 4 heteroatoms. The molecule has 0 aliphatic heterocycles. The van der Waals surface area contributed by atoms with Gasteiger partial charge in [0.05, 0.1) is 5.75 Å². The summed E-state index contributed by atoms with van der Waals surface area (Å²) in [6.07, 6.45) is 4.49. The van der Waals surface area contributed by atoms with Gasteiger partial charge in [-0.2, -0.15) is 0 Å². The van der Waals surface area contributed by atoms with Gasteiger partial charge in [0.2, 0.25) is 5.91 Å². The Morgan fingerprint density at radius 1 is 1.00 bits per heavy atom. The van der Waals surface area contributed by atoms with Crippen LogP contribution in [0.5, 0.6) is 0 Å². The standard InChI is InChI=1S/C21H18N2OS/c24-21(14-25-13-15-7-9-22-10-8-15)23-18-5-6-20-17(12-18)11-16-3-1-2-4-19(16)20/h1-10,12H,11,13-14H2,(H,23,24). The first kappa shape index (κ1) is 15.9. The third kappa shape index (κ3) is 3.59. The van der Waals surface area contributed by atoms with Crippen molar-refractivity contribution < 1.29 is 4.79 Å². The molecule has 0 saturated heterocycles. The summed E-state index contributed by atoms with van der Waals surface area (Å²) in [4.78, 5) is 16.2. The Balaban J connectivity index is 1.36.